The van der Waals surface area contributed by atoms with Crippen LogP contribution in [0.3, 0.4) is 0 Å². The monoisotopic (exact) mass is 710 g/mol. The summed E-state index contributed by atoms with van der Waals surface area (Å²) >= 11 is 0. The maximum atomic E-state index is 2.47. The van der Waals surface area contributed by atoms with E-state index in [1.165, 1.54) is 105 Å². The smallest absolute Gasteiger partial charge is 0.0541 e. The molecule has 0 radical (unpaired) electrons. The summed E-state index contributed by atoms with van der Waals surface area (Å²) in [7, 11) is 0. The minimum absolute atomic E-state index is 0.0366. The molecule has 2 nitrogen and oxygen atoms in total. The number of nitrogens with zero attached hydrogens (tertiary/aromatic N) is 2. The van der Waals surface area contributed by atoms with Crippen LogP contribution < -0.4 is 4.90 Å². The van der Waals surface area contributed by atoms with E-state index in [-0.39, 0.29) is 10.8 Å². The Hall–Kier alpha value is -6.12. The van der Waals surface area contributed by atoms with Crippen molar-refractivity contribution in [2.24, 2.45) is 0 Å². The zero-order chi connectivity index (χ0) is 37.8. The third-order valence-corrected chi connectivity index (χ3v) is 11.9. The molecular weight excluding hydrogens is 665 g/mol. The summed E-state index contributed by atoms with van der Waals surface area (Å²) in [4.78, 5) is 2.47. The normalized spacial score (nSPS) is 12.6. The standard InChI is InChI=1S/C53H46N2/c1-33-19-22-39(53(5,6)7)32-51(33)54(40-14-12-13-38(31-40)52(2,3)4)41-23-20-34-27-45-46-28-35-21-24-42(26-37(35)30-48(46)47(45)29-36(34)25-41)55-49-17-10-8-15-43(49)44-16-9-11-18-50(44)55/h8-32H,1-7H3. The highest BCUT2D eigenvalue weighted by atomic mass is 15.1. The van der Waals surface area contributed by atoms with Crippen LogP contribution in [-0.2, 0) is 10.8 Å². The van der Waals surface area contributed by atoms with E-state index in [9.17, 15) is 0 Å². The van der Waals surface area contributed by atoms with Crippen molar-refractivity contribution < 1.29 is 0 Å². The largest absolute Gasteiger partial charge is 0.310 e. The Bertz CT molecular complexity index is 2960. The molecule has 2 heteroatoms. The molecule has 268 valence electrons. The van der Waals surface area contributed by atoms with Gasteiger partial charge in [0, 0.05) is 33.5 Å². The number of aryl methyl sites for hydroxylation is 1. The van der Waals surface area contributed by atoms with Crippen LogP contribution in [0.25, 0.3) is 71.3 Å². The van der Waals surface area contributed by atoms with E-state index in [2.05, 4.69) is 210 Å². The summed E-state index contributed by atoms with van der Waals surface area (Å²) in [5, 5.41) is 7.62. The van der Waals surface area contributed by atoms with E-state index in [0.29, 0.717) is 0 Å². The molecule has 10 rings (SSSR count). The number of anilines is 3. The predicted molar refractivity (Wildman–Crippen MR) is 237 cm³/mol. The van der Waals surface area contributed by atoms with Gasteiger partial charge in [-0.15, -0.1) is 0 Å². The molecule has 0 atom stereocenters. The highest BCUT2D eigenvalue weighted by Gasteiger charge is 2.26. The lowest BCUT2D eigenvalue weighted by atomic mass is 9.78. The summed E-state index contributed by atoms with van der Waals surface area (Å²) in [5.41, 5.74) is 16.6. The molecular formula is C53H46N2. The lowest BCUT2D eigenvalue weighted by Gasteiger charge is -2.31. The van der Waals surface area contributed by atoms with Crippen molar-refractivity contribution in [2.45, 2.75) is 59.3 Å². The molecule has 0 aliphatic heterocycles. The van der Waals surface area contributed by atoms with Crippen LogP contribution in [0.2, 0.25) is 0 Å². The zero-order valence-electron chi connectivity index (χ0n) is 32.8. The Labute approximate surface area is 324 Å². The summed E-state index contributed by atoms with van der Waals surface area (Å²) < 4.78 is 2.41. The SMILES string of the molecule is Cc1ccc(C(C)(C)C)cc1N(c1cccc(C(C)(C)C)c1)c1ccc2cc3c(cc2c1)-c1cc2cc(-n4c5ccccc5c5ccccc54)ccc2cc1-3. The fourth-order valence-corrected chi connectivity index (χ4v) is 8.73. The van der Waals surface area contributed by atoms with Gasteiger partial charge in [0.1, 0.15) is 0 Å². The maximum Gasteiger partial charge on any atom is 0.0541 e. The first kappa shape index (κ1) is 33.4. The van der Waals surface area contributed by atoms with E-state index in [1.54, 1.807) is 0 Å². The molecule has 0 saturated heterocycles. The van der Waals surface area contributed by atoms with Gasteiger partial charge in [0.25, 0.3) is 0 Å². The zero-order valence-corrected chi connectivity index (χ0v) is 32.8. The topological polar surface area (TPSA) is 8.17 Å². The molecule has 9 aromatic rings. The summed E-state index contributed by atoms with van der Waals surface area (Å²) in [6, 6.07) is 57.1. The van der Waals surface area contributed by atoms with Crippen molar-refractivity contribution in [3.8, 4) is 27.9 Å². The second-order valence-corrected chi connectivity index (χ2v) is 17.6. The van der Waals surface area contributed by atoms with Crippen molar-refractivity contribution in [3.05, 3.63) is 168 Å². The Balaban J connectivity index is 1.10. The van der Waals surface area contributed by atoms with Crippen LogP contribution in [0.15, 0.2) is 152 Å². The van der Waals surface area contributed by atoms with Crippen LogP contribution >= 0.6 is 0 Å². The summed E-state index contributed by atoms with van der Waals surface area (Å²) in [5.74, 6) is 0. The molecule has 55 heavy (non-hydrogen) atoms. The van der Waals surface area contributed by atoms with Gasteiger partial charge < -0.3 is 9.47 Å². The Morgan fingerprint density at radius 3 is 1.56 bits per heavy atom. The van der Waals surface area contributed by atoms with Crippen molar-refractivity contribution in [2.75, 3.05) is 4.90 Å². The number of hydrogen-bond acceptors (Lipinski definition) is 1. The highest BCUT2D eigenvalue weighted by Crippen LogP contribution is 2.51. The van der Waals surface area contributed by atoms with E-state index in [4.69, 9.17) is 0 Å². The van der Waals surface area contributed by atoms with Crippen LogP contribution in [0, 0.1) is 6.92 Å². The van der Waals surface area contributed by atoms with Gasteiger partial charge in [-0.25, -0.2) is 0 Å². The maximum absolute atomic E-state index is 2.47. The van der Waals surface area contributed by atoms with Crippen molar-refractivity contribution in [1.82, 2.24) is 4.57 Å². The quantitative estimate of drug-likeness (QED) is 0.177. The van der Waals surface area contributed by atoms with E-state index in [1.807, 2.05) is 0 Å². The predicted octanol–water partition coefficient (Wildman–Crippen LogP) is 15.1. The van der Waals surface area contributed by atoms with Crippen LogP contribution in [0.1, 0.15) is 58.2 Å². The Morgan fingerprint density at radius 1 is 0.418 bits per heavy atom. The average molecular weight is 711 g/mol. The first-order chi connectivity index (χ1) is 26.4. The second-order valence-electron chi connectivity index (χ2n) is 17.6. The van der Waals surface area contributed by atoms with Gasteiger partial charge in [-0.3, -0.25) is 0 Å². The van der Waals surface area contributed by atoms with Crippen LogP contribution in [0.5, 0.6) is 0 Å². The lowest BCUT2D eigenvalue weighted by Crippen LogP contribution is -2.17. The first-order valence-electron chi connectivity index (χ1n) is 19.6. The number of para-hydroxylation sites is 2. The van der Waals surface area contributed by atoms with Crippen LogP contribution in [-0.4, -0.2) is 4.57 Å². The lowest BCUT2D eigenvalue weighted by molar-refractivity contribution is 0.590. The molecule has 0 bridgehead atoms. The van der Waals surface area contributed by atoms with E-state index in [0.717, 1.165) is 0 Å². The Morgan fingerprint density at radius 2 is 0.945 bits per heavy atom. The molecule has 1 aliphatic carbocycles. The van der Waals surface area contributed by atoms with Gasteiger partial charge in [0.15, 0.2) is 0 Å². The summed E-state index contributed by atoms with van der Waals surface area (Å²) in [6.07, 6.45) is 0. The molecule has 0 N–H and O–H groups in total. The molecule has 0 saturated carbocycles. The minimum atomic E-state index is 0.0366. The van der Waals surface area contributed by atoms with E-state index < -0.39 is 0 Å². The Kier molecular flexibility index (Phi) is 7.26. The van der Waals surface area contributed by atoms with Crippen molar-refractivity contribution in [3.63, 3.8) is 0 Å². The van der Waals surface area contributed by atoms with Gasteiger partial charge in [0.2, 0.25) is 0 Å². The number of benzene rings is 8. The molecule has 0 fully saturated rings. The molecule has 1 heterocycles. The van der Waals surface area contributed by atoms with Gasteiger partial charge in [-0.2, -0.15) is 0 Å². The van der Waals surface area contributed by atoms with Gasteiger partial charge >= 0.3 is 0 Å². The molecule has 0 spiro atoms. The number of rotatable bonds is 4. The third-order valence-electron chi connectivity index (χ3n) is 11.9. The molecule has 0 amide bonds. The molecule has 1 aromatic heterocycles. The molecule has 1 aliphatic rings. The van der Waals surface area contributed by atoms with Gasteiger partial charge in [0.05, 0.1) is 11.0 Å². The summed E-state index contributed by atoms with van der Waals surface area (Å²) in [6.45, 7) is 16.0. The van der Waals surface area contributed by atoms with Gasteiger partial charge in [-0.05, 0) is 157 Å². The van der Waals surface area contributed by atoms with Gasteiger partial charge in [-0.1, -0.05) is 114 Å². The van der Waals surface area contributed by atoms with E-state index >= 15 is 0 Å². The fourth-order valence-electron chi connectivity index (χ4n) is 8.73. The minimum Gasteiger partial charge on any atom is -0.310 e. The number of aromatic nitrogens is 1. The van der Waals surface area contributed by atoms with Crippen molar-refractivity contribution >= 4 is 60.4 Å². The number of fused-ring (bicyclic) bond motifs is 9. The van der Waals surface area contributed by atoms with Crippen LogP contribution in [0.4, 0.5) is 17.1 Å². The molecule has 0 unspecified atom stereocenters. The average Bonchev–Trinajstić information content (AvgIpc) is 3.51. The number of hydrogen-bond donors (Lipinski definition) is 0. The molecule has 8 aromatic carbocycles. The highest BCUT2D eigenvalue weighted by molar-refractivity contribution is 6.13. The second kappa shape index (κ2) is 11.9. The third kappa shape index (κ3) is 5.38. The first-order valence-corrected chi connectivity index (χ1v) is 19.6. The fraction of sp³-hybridized carbons (Fsp3) is 0.170. The van der Waals surface area contributed by atoms with Crippen molar-refractivity contribution in [1.29, 1.82) is 0 Å².